The maximum atomic E-state index is 10.4. The number of nitrogens with two attached hydrogens (primary N) is 1. The van der Waals surface area contributed by atoms with Crippen LogP contribution >= 0.6 is 0 Å². The summed E-state index contributed by atoms with van der Waals surface area (Å²) in [4.78, 5) is 10.4. The summed E-state index contributed by atoms with van der Waals surface area (Å²) in [7, 11) is 0. The molecule has 4 heteroatoms. The van der Waals surface area contributed by atoms with Gasteiger partial charge in [0.2, 0.25) is 0 Å². The molecule has 0 aromatic heterocycles. The molecule has 4 N–H and O–H groups in total. The minimum atomic E-state index is -0.656. The Morgan fingerprint density at radius 1 is 0.667 bits per heavy atom. The molecule has 0 aliphatic carbocycles. The van der Waals surface area contributed by atoms with Crippen LogP contribution in [0, 0.1) is 0 Å². The Morgan fingerprint density at radius 2 is 1.06 bits per heavy atom. The topological polar surface area (TPSA) is 83.5 Å². The number of hydrogen-bond acceptors (Lipinski definition) is 3. The lowest BCUT2D eigenvalue weighted by Crippen LogP contribution is -2.19. The summed E-state index contributed by atoms with van der Waals surface area (Å²) >= 11 is 0. The third-order valence-corrected chi connectivity index (χ3v) is 6.07. The van der Waals surface area contributed by atoms with E-state index in [1.54, 1.807) is 0 Å². The molecule has 198 valence electrons. The first-order chi connectivity index (χ1) is 16.1. The molecule has 0 saturated carbocycles. The number of aliphatic hydroxyl groups excluding tert-OH is 1. The van der Waals surface area contributed by atoms with Crippen LogP contribution in [0.5, 0.6) is 0 Å². The fraction of sp³-hybridized carbons (Fsp3) is 0.897. The second-order valence-electron chi connectivity index (χ2n) is 9.53. The Bertz CT molecular complexity index is 398. The Morgan fingerprint density at radius 3 is 1.48 bits per heavy atom. The summed E-state index contributed by atoms with van der Waals surface area (Å²) in [5.74, 6) is -0.656. The molecule has 0 aliphatic rings. The Hall–Kier alpha value is -0.870. The lowest BCUT2D eigenvalue weighted by Gasteiger charge is -2.04. The van der Waals surface area contributed by atoms with Crippen LogP contribution in [0.25, 0.3) is 0 Å². The second-order valence-corrected chi connectivity index (χ2v) is 9.53. The molecule has 0 radical (unpaired) electrons. The van der Waals surface area contributed by atoms with Crippen LogP contribution in [0.15, 0.2) is 12.2 Å². The molecule has 0 spiro atoms. The summed E-state index contributed by atoms with van der Waals surface area (Å²) in [6.07, 6.45) is 31.2. The van der Waals surface area contributed by atoms with Gasteiger partial charge in [0, 0.05) is 13.0 Å². The largest absolute Gasteiger partial charge is 0.481 e. The molecule has 0 saturated heterocycles. The van der Waals surface area contributed by atoms with Gasteiger partial charge in [-0.1, -0.05) is 122 Å². The van der Waals surface area contributed by atoms with Crippen LogP contribution in [0.1, 0.15) is 155 Å². The van der Waals surface area contributed by atoms with Crippen molar-refractivity contribution in [2.75, 3.05) is 6.54 Å². The van der Waals surface area contributed by atoms with Gasteiger partial charge in [-0.05, 0) is 38.5 Å². The van der Waals surface area contributed by atoms with E-state index in [1.165, 1.54) is 109 Å². The molecule has 0 aromatic carbocycles. The van der Waals surface area contributed by atoms with Gasteiger partial charge in [-0.15, -0.1) is 0 Å². The highest BCUT2D eigenvalue weighted by molar-refractivity contribution is 5.66. The van der Waals surface area contributed by atoms with E-state index in [0.29, 0.717) is 13.0 Å². The number of carboxylic acid groups (broad SMARTS) is 1. The third kappa shape index (κ3) is 35.9. The summed E-state index contributed by atoms with van der Waals surface area (Å²) in [5.41, 5.74) is 5.20. The number of unbranched alkanes of at least 4 members (excludes halogenated alkanes) is 17. The van der Waals surface area contributed by atoms with Gasteiger partial charge in [-0.2, -0.15) is 0 Å². The first kappa shape index (κ1) is 34.3. The second kappa shape index (κ2) is 31.1. The Kier molecular flexibility index (Phi) is 32.4. The number of allylic oxidation sites excluding steroid dienone is 2. The normalized spacial score (nSPS) is 12.0. The van der Waals surface area contributed by atoms with Gasteiger partial charge in [-0.3, -0.25) is 4.79 Å². The zero-order chi connectivity index (χ0) is 24.8. The van der Waals surface area contributed by atoms with Crippen molar-refractivity contribution < 1.29 is 15.0 Å². The molecule has 0 bridgehead atoms. The molecule has 33 heavy (non-hydrogen) atoms. The number of carboxylic acids is 1. The molecule has 0 fully saturated rings. The smallest absolute Gasteiger partial charge is 0.303 e. The van der Waals surface area contributed by atoms with Gasteiger partial charge >= 0.3 is 5.97 Å². The van der Waals surface area contributed by atoms with Crippen molar-refractivity contribution in [1.82, 2.24) is 0 Å². The predicted octanol–water partition coefficient (Wildman–Crippen LogP) is 8.56. The average molecular weight is 470 g/mol. The van der Waals surface area contributed by atoms with E-state index in [4.69, 9.17) is 15.9 Å². The van der Waals surface area contributed by atoms with E-state index >= 15 is 0 Å². The van der Waals surface area contributed by atoms with Crippen molar-refractivity contribution in [1.29, 1.82) is 0 Å². The molecule has 0 aliphatic heterocycles. The van der Waals surface area contributed by atoms with Crippen LogP contribution in [0.3, 0.4) is 0 Å². The highest BCUT2D eigenvalue weighted by Gasteiger charge is 1.98. The first-order valence-electron chi connectivity index (χ1n) is 14.3. The van der Waals surface area contributed by atoms with Gasteiger partial charge in [0.15, 0.2) is 0 Å². The number of aliphatic hydroxyl groups is 1. The summed E-state index contributed by atoms with van der Waals surface area (Å²) < 4.78 is 0. The van der Waals surface area contributed by atoms with Gasteiger partial charge in [-0.25, -0.2) is 0 Å². The Balaban J connectivity index is 0. The van der Waals surface area contributed by atoms with Crippen LogP contribution < -0.4 is 5.73 Å². The fourth-order valence-electron chi connectivity index (χ4n) is 3.80. The number of carbonyl (C=O) groups is 1. The zero-order valence-electron chi connectivity index (χ0n) is 22.4. The molecule has 0 aromatic rings. The van der Waals surface area contributed by atoms with Crippen LogP contribution in [-0.4, -0.2) is 28.8 Å². The molecule has 1 atom stereocenters. The lowest BCUT2D eigenvalue weighted by molar-refractivity contribution is -0.137. The van der Waals surface area contributed by atoms with Crippen LogP contribution in [-0.2, 0) is 4.79 Å². The maximum absolute atomic E-state index is 10.4. The van der Waals surface area contributed by atoms with E-state index in [2.05, 4.69) is 26.0 Å². The first-order valence-corrected chi connectivity index (χ1v) is 14.3. The standard InChI is InChI=1S/C22H42O2.C7H17NO/c1-2-3-4-5-6-7-8-9-10-11-12-13-14-15-16-17-18-19-20-21-22(23)24;1-2-3-4-5-7(9)6-8/h9-10H,2-8,11-21H2,1H3,(H,23,24);7,9H,2-6,8H2,1H3/b10-9-;. The van der Waals surface area contributed by atoms with Gasteiger partial charge < -0.3 is 15.9 Å². The van der Waals surface area contributed by atoms with Crippen molar-refractivity contribution in [2.45, 2.75) is 161 Å². The third-order valence-electron chi connectivity index (χ3n) is 6.07. The zero-order valence-corrected chi connectivity index (χ0v) is 22.4. The molecular formula is C29H59NO3. The summed E-state index contributed by atoms with van der Waals surface area (Å²) in [6.45, 7) is 4.83. The lowest BCUT2D eigenvalue weighted by atomic mass is 10.1. The predicted molar refractivity (Wildman–Crippen MR) is 145 cm³/mol. The quantitative estimate of drug-likeness (QED) is 0.0976. The van der Waals surface area contributed by atoms with E-state index in [9.17, 15) is 4.79 Å². The van der Waals surface area contributed by atoms with Gasteiger partial charge in [0.1, 0.15) is 0 Å². The minimum Gasteiger partial charge on any atom is -0.481 e. The van der Waals surface area contributed by atoms with Crippen molar-refractivity contribution >= 4 is 5.97 Å². The number of rotatable bonds is 24. The molecule has 0 amide bonds. The van der Waals surface area contributed by atoms with Gasteiger partial charge in [0.05, 0.1) is 6.10 Å². The van der Waals surface area contributed by atoms with Crippen molar-refractivity contribution in [3.05, 3.63) is 12.2 Å². The highest BCUT2D eigenvalue weighted by atomic mass is 16.4. The number of hydrogen-bond donors (Lipinski definition) is 3. The van der Waals surface area contributed by atoms with Crippen LogP contribution in [0.4, 0.5) is 0 Å². The van der Waals surface area contributed by atoms with E-state index in [1.807, 2.05) is 0 Å². The molecular weight excluding hydrogens is 410 g/mol. The van der Waals surface area contributed by atoms with Crippen molar-refractivity contribution in [2.24, 2.45) is 5.73 Å². The highest BCUT2D eigenvalue weighted by Crippen LogP contribution is 2.12. The average Bonchev–Trinajstić information content (AvgIpc) is 2.81. The molecule has 1 unspecified atom stereocenters. The monoisotopic (exact) mass is 469 g/mol. The Labute approximate surface area is 206 Å². The minimum absolute atomic E-state index is 0.267. The van der Waals surface area contributed by atoms with Crippen LogP contribution in [0.2, 0.25) is 0 Å². The number of aliphatic carboxylic acids is 1. The van der Waals surface area contributed by atoms with Crippen molar-refractivity contribution in [3.63, 3.8) is 0 Å². The SMILES string of the molecule is CCCCCC(O)CN.CCCCCCCC/C=C\CCCCCCCCCCCC(=O)O. The van der Waals surface area contributed by atoms with E-state index in [-0.39, 0.29) is 6.10 Å². The van der Waals surface area contributed by atoms with E-state index in [0.717, 1.165) is 25.7 Å². The summed E-state index contributed by atoms with van der Waals surface area (Å²) in [6, 6.07) is 0. The fourth-order valence-corrected chi connectivity index (χ4v) is 3.80. The maximum Gasteiger partial charge on any atom is 0.303 e. The van der Waals surface area contributed by atoms with Crippen molar-refractivity contribution in [3.8, 4) is 0 Å². The molecule has 4 nitrogen and oxygen atoms in total. The van der Waals surface area contributed by atoms with Gasteiger partial charge in [0.25, 0.3) is 0 Å². The summed E-state index contributed by atoms with van der Waals surface area (Å²) in [5, 5.41) is 17.5. The van der Waals surface area contributed by atoms with E-state index < -0.39 is 5.97 Å². The molecule has 0 rings (SSSR count). The molecule has 0 heterocycles.